The molecule has 0 radical (unpaired) electrons. The number of carbonyl (C=O) groups is 2. The van der Waals surface area contributed by atoms with Crippen LogP contribution >= 0.6 is 0 Å². The van der Waals surface area contributed by atoms with Crippen LogP contribution in [0.5, 0.6) is 0 Å². The molecule has 5 heterocycles. The van der Waals surface area contributed by atoms with Gasteiger partial charge >= 0.3 is 0 Å². The van der Waals surface area contributed by atoms with E-state index in [1.165, 1.54) is 9.80 Å². The van der Waals surface area contributed by atoms with Crippen LogP contribution in [0, 0.1) is 17.8 Å². The Hall–Kier alpha value is -2.00. The van der Waals surface area contributed by atoms with Crippen LogP contribution < -0.4 is 15.5 Å². The maximum absolute atomic E-state index is 13.2. The van der Waals surface area contributed by atoms with Crippen LogP contribution in [-0.2, 0) is 22.7 Å². The Morgan fingerprint density at radius 3 is 2.66 bits per heavy atom. The highest BCUT2D eigenvalue weighted by Crippen LogP contribution is 2.30. The first kappa shape index (κ1) is 20.3. The number of quaternary nitrogens is 2. The minimum absolute atomic E-state index is 0.0673. The third kappa shape index (κ3) is 4.45. The van der Waals surface area contributed by atoms with Gasteiger partial charge in [0.05, 0.1) is 45.8 Å². The molecule has 1 unspecified atom stereocenters. The second-order valence-corrected chi connectivity index (χ2v) is 9.52. The molecule has 9 nitrogen and oxygen atoms in total. The summed E-state index contributed by atoms with van der Waals surface area (Å²) in [6, 6.07) is 0.514. The largest absolute Gasteiger partial charge is 0.369 e. The average molecular weight is 406 g/mol. The number of likely N-dealkylation sites (tertiary alicyclic amines) is 1. The zero-order chi connectivity index (χ0) is 20.5. The van der Waals surface area contributed by atoms with Crippen LogP contribution in [0.15, 0.2) is 6.20 Å². The highest BCUT2D eigenvalue weighted by molar-refractivity contribution is 5.80. The molecular weight excluding hydrogens is 370 g/mol. The van der Waals surface area contributed by atoms with Crippen LogP contribution in [0.3, 0.4) is 0 Å². The van der Waals surface area contributed by atoms with Gasteiger partial charge in [0.15, 0.2) is 0 Å². The Kier molecular flexibility index (Phi) is 5.87. The summed E-state index contributed by atoms with van der Waals surface area (Å²) in [6.45, 7) is 5.17. The van der Waals surface area contributed by atoms with Crippen LogP contribution in [0.25, 0.3) is 0 Å². The van der Waals surface area contributed by atoms with E-state index in [9.17, 15) is 9.59 Å². The molecule has 4 aliphatic rings. The highest BCUT2D eigenvalue weighted by Gasteiger charge is 2.48. The van der Waals surface area contributed by atoms with Crippen LogP contribution in [0.2, 0.25) is 0 Å². The van der Waals surface area contributed by atoms with E-state index < -0.39 is 0 Å². The van der Waals surface area contributed by atoms with Gasteiger partial charge in [0.2, 0.25) is 11.8 Å². The van der Waals surface area contributed by atoms with Crippen LogP contribution in [0.1, 0.15) is 31.4 Å². The van der Waals surface area contributed by atoms with Gasteiger partial charge in [-0.05, 0) is 18.8 Å². The first-order chi connectivity index (χ1) is 13.9. The molecule has 29 heavy (non-hydrogen) atoms. The summed E-state index contributed by atoms with van der Waals surface area (Å²) < 4.78 is 1.99. The lowest BCUT2D eigenvalue weighted by atomic mass is 9.74. The summed E-state index contributed by atoms with van der Waals surface area (Å²) in [5, 5.41) is 8.62. The summed E-state index contributed by atoms with van der Waals surface area (Å²) in [5.41, 5.74) is 6.46. The fourth-order valence-corrected chi connectivity index (χ4v) is 5.52. The first-order valence-corrected chi connectivity index (χ1v) is 11.0. The molecule has 160 valence electrons. The summed E-state index contributed by atoms with van der Waals surface area (Å²) in [5.74, 6) is 0.597. The zero-order valence-electron chi connectivity index (χ0n) is 17.6. The number of aromatic nitrogens is 3. The molecule has 1 aromatic rings. The number of primary amides is 1. The molecule has 5 rings (SSSR count). The van der Waals surface area contributed by atoms with Gasteiger partial charge in [-0.2, -0.15) is 0 Å². The fourth-order valence-electron chi connectivity index (χ4n) is 5.52. The van der Waals surface area contributed by atoms with E-state index in [1.54, 1.807) is 0 Å². The number of amides is 2. The Bertz CT molecular complexity index is 741. The second kappa shape index (κ2) is 8.39. The number of carbonyl (C=O) groups excluding carboxylic acids is 2. The second-order valence-electron chi connectivity index (χ2n) is 9.52. The van der Waals surface area contributed by atoms with Crippen molar-refractivity contribution in [3.63, 3.8) is 0 Å². The van der Waals surface area contributed by atoms with E-state index >= 15 is 0 Å². The van der Waals surface area contributed by atoms with Crippen molar-refractivity contribution in [2.45, 2.75) is 44.8 Å². The molecular formula is C20H35N7O2+2. The minimum atomic E-state index is -0.226. The number of nitrogens with two attached hydrogens (primary N) is 1. The number of piperidine rings is 4. The Morgan fingerprint density at radius 2 is 2.03 bits per heavy atom. The number of nitrogens with one attached hydrogen (secondary N) is 2. The molecule has 0 saturated carbocycles. The van der Waals surface area contributed by atoms with E-state index in [0.29, 0.717) is 43.8 Å². The van der Waals surface area contributed by atoms with E-state index in [4.69, 9.17) is 5.73 Å². The third-order valence-electron chi connectivity index (χ3n) is 7.11. The van der Waals surface area contributed by atoms with Gasteiger partial charge in [-0.25, -0.2) is 4.68 Å². The Balaban J connectivity index is 1.32. The SMILES string of the molecule is C[NH+](C)Cc1cn(C[C@H]2C[C@@H]3CC[NH+]2C[C@@H]3C(=O)N2CCC(C(N)=O)CC2)nn1. The third-order valence-corrected chi connectivity index (χ3v) is 7.11. The van der Waals surface area contributed by atoms with E-state index in [0.717, 1.165) is 44.7 Å². The maximum Gasteiger partial charge on any atom is 0.231 e. The van der Waals surface area contributed by atoms with Gasteiger partial charge in [0.1, 0.15) is 18.3 Å². The molecule has 2 amide bonds. The highest BCUT2D eigenvalue weighted by atomic mass is 16.2. The molecule has 9 heteroatoms. The van der Waals surface area contributed by atoms with Gasteiger partial charge in [-0.1, -0.05) is 5.21 Å². The number of nitrogens with zero attached hydrogens (tertiary/aromatic N) is 4. The van der Waals surface area contributed by atoms with Gasteiger partial charge in [0, 0.05) is 31.8 Å². The van der Waals surface area contributed by atoms with Crippen molar-refractivity contribution >= 4 is 11.8 Å². The molecule has 0 aliphatic carbocycles. The van der Waals surface area contributed by atoms with Crippen molar-refractivity contribution in [3.05, 3.63) is 11.9 Å². The molecule has 0 spiro atoms. The van der Waals surface area contributed by atoms with Crippen molar-refractivity contribution in [1.82, 2.24) is 19.9 Å². The molecule has 4 saturated heterocycles. The Labute approximate surface area is 172 Å². The van der Waals surface area contributed by atoms with Crippen molar-refractivity contribution in [2.75, 3.05) is 40.3 Å². The van der Waals surface area contributed by atoms with Crippen LogP contribution in [-0.4, -0.2) is 78.0 Å². The van der Waals surface area contributed by atoms with Gasteiger partial charge in [-0.15, -0.1) is 5.10 Å². The quantitative estimate of drug-likeness (QED) is 0.468. The molecule has 1 aromatic heterocycles. The average Bonchev–Trinajstić information content (AvgIpc) is 3.14. The van der Waals surface area contributed by atoms with Crippen molar-refractivity contribution in [2.24, 2.45) is 23.5 Å². The first-order valence-electron chi connectivity index (χ1n) is 11.0. The number of rotatable bonds is 6. The molecule has 4 fully saturated rings. The summed E-state index contributed by atoms with van der Waals surface area (Å²) >= 11 is 0. The van der Waals surface area contributed by atoms with E-state index in [-0.39, 0.29) is 17.7 Å². The summed E-state index contributed by atoms with van der Waals surface area (Å²) in [4.78, 5) is 29.4. The molecule has 2 bridgehead atoms. The van der Waals surface area contributed by atoms with E-state index in [2.05, 4.69) is 30.6 Å². The van der Waals surface area contributed by atoms with Crippen molar-refractivity contribution in [1.29, 1.82) is 0 Å². The Morgan fingerprint density at radius 1 is 1.28 bits per heavy atom. The van der Waals surface area contributed by atoms with Crippen molar-refractivity contribution < 1.29 is 19.4 Å². The monoisotopic (exact) mass is 405 g/mol. The number of hydrogen-bond acceptors (Lipinski definition) is 4. The standard InChI is InChI=1S/C20H33N7O2/c1-24(2)10-16-11-27(23-22-16)12-17-9-15-5-8-26(17)13-18(15)20(29)25-6-3-14(4-7-25)19(21)28/h11,14-15,17-18H,3-10,12-13H2,1-2H3,(H2,21,28)/p+2/t15-,17+,18-/m0/s1. The van der Waals surface area contributed by atoms with Gasteiger partial charge < -0.3 is 20.4 Å². The summed E-state index contributed by atoms with van der Waals surface area (Å²) in [6.07, 6.45) is 5.70. The molecule has 4 N–H and O–H groups in total. The van der Waals surface area contributed by atoms with E-state index in [1.807, 2.05) is 9.58 Å². The number of fused-ring (bicyclic) bond motifs is 3. The van der Waals surface area contributed by atoms with Crippen molar-refractivity contribution in [3.8, 4) is 0 Å². The lowest BCUT2D eigenvalue weighted by molar-refractivity contribution is -0.945. The maximum atomic E-state index is 13.2. The lowest BCUT2D eigenvalue weighted by Gasteiger charge is -2.47. The predicted molar refractivity (Wildman–Crippen MR) is 106 cm³/mol. The van der Waals surface area contributed by atoms with Gasteiger partial charge in [-0.3, -0.25) is 9.59 Å². The molecule has 4 atom stereocenters. The molecule has 0 aromatic carbocycles. The normalized spacial score (nSPS) is 30.1. The smallest absolute Gasteiger partial charge is 0.231 e. The van der Waals surface area contributed by atoms with Crippen LogP contribution in [0.4, 0.5) is 0 Å². The number of hydrogen-bond donors (Lipinski definition) is 3. The predicted octanol–water partition coefficient (Wildman–Crippen LogP) is -3.06. The summed E-state index contributed by atoms with van der Waals surface area (Å²) in [7, 11) is 4.23. The van der Waals surface area contributed by atoms with Gasteiger partial charge in [0.25, 0.3) is 0 Å². The topological polar surface area (TPSA) is 103 Å². The zero-order valence-corrected chi connectivity index (χ0v) is 17.6. The minimum Gasteiger partial charge on any atom is -0.369 e. The lowest BCUT2D eigenvalue weighted by Crippen LogP contribution is -3.20. The molecule has 4 aliphatic heterocycles. The fraction of sp³-hybridized carbons (Fsp3) is 0.800.